The van der Waals surface area contributed by atoms with Crippen LogP contribution in [0.15, 0.2) is 18.3 Å². The smallest absolute Gasteiger partial charge is 0.269 e. The van der Waals surface area contributed by atoms with Crippen LogP contribution in [0.1, 0.15) is 36.2 Å². The number of hydrogen-bond donors (Lipinski definition) is 2. The fourth-order valence-corrected chi connectivity index (χ4v) is 2.33. The number of carbonyl (C=O) groups is 1. The summed E-state index contributed by atoms with van der Waals surface area (Å²) in [6.07, 6.45) is 6.41. The van der Waals surface area contributed by atoms with Crippen LogP contribution in [-0.4, -0.2) is 37.1 Å². The topological polar surface area (TPSA) is 71.2 Å². The molecule has 1 aromatic rings. The van der Waals surface area contributed by atoms with Gasteiger partial charge in [-0.05, 0) is 44.4 Å². The summed E-state index contributed by atoms with van der Waals surface area (Å²) in [6, 6.07) is 4.43. The van der Waals surface area contributed by atoms with Crippen LogP contribution in [0, 0.1) is 0 Å². The lowest BCUT2D eigenvalue weighted by molar-refractivity contribution is 0.0958. The van der Waals surface area contributed by atoms with E-state index in [1.165, 1.54) is 19.3 Å². The van der Waals surface area contributed by atoms with Crippen molar-refractivity contribution in [2.24, 2.45) is 5.73 Å². The van der Waals surface area contributed by atoms with E-state index in [1.54, 1.807) is 13.2 Å². The third-order valence-corrected chi connectivity index (χ3v) is 3.65. The Morgan fingerprint density at radius 2 is 2.37 bits per heavy atom. The number of nitrogens with zero attached hydrogens (tertiary/aromatic N) is 2. The predicted octanol–water partition coefficient (Wildman–Crippen LogP) is 1.15. The Morgan fingerprint density at radius 3 is 2.95 bits per heavy atom. The lowest BCUT2D eigenvalue weighted by Crippen LogP contribution is -2.41. The standard InChI is InChI=1S/C14H22N4O/c1-16-14(19)13-10-12(6-8-17-13)18(9-3-7-15)11-4-2-5-11/h6,8,10-11H,2-5,7,9,15H2,1H3,(H,16,19). The molecular weight excluding hydrogens is 240 g/mol. The molecule has 0 unspecified atom stereocenters. The maximum Gasteiger partial charge on any atom is 0.269 e. The maximum absolute atomic E-state index is 11.6. The van der Waals surface area contributed by atoms with E-state index in [9.17, 15) is 4.79 Å². The van der Waals surface area contributed by atoms with Crippen molar-refractivity contribution >= 4 is 11.6 Å². The molecule has 5 nitrogen and oxygen atoms in total. The highest BCUT2D eigenvalue weighted by atomic mass is 16.1. The first-order valence-electron chi connectivity index (χ1n) is 6.91. The summed E-state index contributed by atoms with van der Waals surface area (Å²) in [6.45, 7) is 1.63. The highest BCUT2D eigenvalue weighted by Crippen LogP contribution is 2.29. The van der Waals surface area contributed by atoms with E-state index in [0.717, 1.165) is 18.7 Å². The largest absolute Gasteiger partial charge is 0.368 e. The fourth-order valence-electron chi connectivity index (χ4n) is 2.33. The molecule has 5 heteroatoms. The molecule has 1 aromatic heterocycles. The number of nitrogens with two attached hydrogens (primary N) is 1. The molecule has 0 aromatic carbocycles. The van der Waals surface area contributed by atoms with Gasteiger partial charge in [0.1, 0.15) is 5.69 Å². The van der Waals surface area contributed by atoms with Crippen molar-refractivity contribution in [3.05, 3.63) is 24.0 Å². The van der Waals surface area contributed by atoms with Crippen LogP contribution in [0.3, 0.4) is 0 Å². The molecular formula is C14H22N4O. The summed E-state index contributed by atoms with van der Waals surface area (Å²) < 4.78 is 0. The second-order valence-electron chi connectivity index (χ2n) is 4.90. The maximum atomic E-state index is 11.6. The Hall–Kier alpha value is -1.62. The van der Waals surface area contributed by atoms with Crippen molar-refractivity contribution in [1.29, 1.82) is 0 Å². The zero-order valence-corrected chi connectivity index (χ0v) is 11.4. The van der Waals surface area contributed by atoms with Gasteiger partial charge in [-0.1, -0.05) is 0 Å². The average Bonchev–Trinajstić information content (AvgIpc) is 2.40. The quantitative estimate of drug-likeness (QED) is 0.806. The van der Waals surface area contributed by atoms with E-state index in [2.05, 4.69) is 15.2 Å². The first-order chi connectivity index (χ1) is 9.26. The third-order valence-electron chi connectivity index (χ3n) is 3.65. The minimum atomic E-state index is -0.144. The zero-order chi connectivity index (χ0) is 13.7. The van der Waals surface area contributed by atoms with Crippen molar-refractivity contribution in [2.75, 3.05) is 25.0 Å². The second-order valence-corrected chi connectivity index (χ2v) is 4.90. The molecule has 1 aliphatic carbocycles. The van der Waals surface area contributed by atoms with Gasteiger partial charge in [0.2, 0.25) is 0 Å². The Kier molecular flexibility index (Phi) is 4.74. The van der Waals surface area contributed by atoms with Crippen LogP contribution < -0.4 is 16.0 Å². The SMILES string of the molecule is CNC(=O)c1cc(N(CCCN)C2CCC2)ccn1. The summed E-state index contributed by atoms with van der Waals surface area (Å²) >= 11 is 0. The number of pyridine rings is 1. The molecule has 1 fully saturated rings. The number of anilines is 1. The van der Waals surface area contributed by atoms with E-state index < -0.39 is 0 Å². The van der Waals surface area contributed by atoms with Crippen LogP contribution in [0.4, 0.5) is 5.69 Å². The second kappa shape index (κ2) is 6.52. The number of carbonyl (C=O) groups excluding carboxylic acids is 1. The Labute approximate surface area is 114 Å². The van der Waals surface area contributed by atoms with Crippen molar-refractivity contribution in [1.82, 2.24) is 10.3 Å². The van der Waals surface area contributed by atoms with Crippen LogP contribution >= 0.6 is 0 Å². The summed E-state index contributed by atoms with van der Waals surface area (Å²) in [4.78, 5) is 18.1. The lowest BCUT2D eigenvalue weighted by atomic mass is 9.91. The average molecular weight is 262 g/mol. The van der Waals surface area contributed by atoms with Gasteiger partial charge in [0.05, 0.1) is 0 Å². The molecule has 0 spiro atoms. The highest BCUT2D eigenvalue weighted by Gasteiger charge is 2.25. The first kappa shape index (κ1) is 13.8. The van der Waals surface area contributed by atoms with E-state index in [0.29, 0.717) is 18.3 Å². The fraction of sp³-hybridized carbons (Fsp3) is 0.571. The number of amides is 1. The van der Waals surface area contributed by atoms with Gasteiger partial charge in [0.25, 0.3) is 5.91 Å². The van der Waals surface area contributed by atoms with Crippen LogP contribution in [0.2, 0.25) is 0 Å². The van der Waals surface area contributed by atoms with Gasteiger partial charge >= 0.3 is 0 Å². The van der Waals surface area contributed by atoms with Gasteiger partial charge in [-0.15, -0.1) is 0 Å². The van der Waals surface area contributed by atoms with Crippen LogP contribution in [-0.2, 0) is 0 Å². The van der Waals surface area contributed by atoms with E-state index in [-0.39, 0.29) is 5.91 Å². The molecule has 0 saturated heterocycles. The minimum Gasteiger partial charge on any atom is -0.368 e. The van der Waals surface area contributed by atoms with Crippen LogP contribution in [0.25, 0.3) is 0 Å². The Balaban J connectivity index is 2.17. The van der Waals surface area contributed by atoms with E-state index in [4.69, 9.17) is 5.73 Å². The van der Waals surface area contributed by atoms with Gasteiger partial charge in [0, 0.05) is 31.5 Å². The molecule has 3 N–H and O–H groups in total. The summed E-state index contributed by atoms with van der Waals surface area (Å²) in [7, 11) is 1.62. The van der Waals surface area contributed by atoms with Crippen molar-refractivity contribution in [2.45, 2.75) is 31.7 Å². The van der Waals surface area contributed by atoms with Crippen molar-refractivity contribution < 1.29 is 4.79 Å². The Morgan fingerprint density at radius 1 is 1.58 bits per heavy atom. The van der Waals surface area contributed by atoms with E-state index in [1.807, 2.05) is 12.1 Å². The minimum absolute atomic E-state index is 0.144. The molecule has 1 saturated carbocycles. The van der Waals surface area contributed by atoms with Crippen molar-refractivity contribution in [3.63, 3.8) is 0 Å². The molecule has 0 aliphatic heterocycles. The molecule has 104 valence electrons. The molecule has 2 rings (SSSR count). The number of nitrogens with one attached hydrogen (secondary N) is 1. The van der Waals surface area contributed by atoms with Gasteiger partial charge in [-0.3, -0.25) is 9.78 Å². The van der Waals surface area contributed by atoms with Crippen LogP contribution in [0.5, 0.6) is 0 Å². The first-order valence-corrected chi connectivity index (χ1v) is 6.91. The van der Waals surface area contributed by atoms with Crippen molar-refractivity contribution in [3.8, 4) is 0 Å². The Bertz CT molecular complexity index is 431. The highest BCUT2D eigenvalue weighted by molar-refractivity contribution is 5.92. The molecule has 19 heavy (non-hydrogen) atoms. The summed E-state index contributed by atoms with van der Waals surface area (Å²) in [5, 5.41) is 2.61. The number of aromatic nitrogens is 1. The number of rotatable bonds is 6. The molecule has 1 amide bonds. The normalized spacial score (nSPS) is 14.8. The van der Waals surface area contributed by atoms with Gasteiger partial charge < -0.3 is 16.0 Å². The lowest BCUT2D eigenvalue weighted by Gasteiger charge is -2.39. The molecule has 1 heterocycles. The summed E-state index contributed by atoms with van der Waals surface area (Å²) in [5.74, 6) is -0.144. The summed E-state index contributed by atoms with van der Waals surface area (Å²) in [5.41, 5.74) is 7.16. The van der Waals surface area contributed by atoms with Gasteiger partial charge in [-0.2, -0.15) is 0 Å². The molecule has 0 radical (unpaired) electrons. The molecule has 0 bridgehead atoms. The number of hydrogen-bond acceptors (Lipinski definition) is 4. The third kappa shape index (κ3) is 3.23. The zero-order valence-electron chi connectivity index (χ0n) is 11.4. The van der Waals surface area contributed by atoms with Gasteiger partial charge in [0.15, 0.2) is 0 Å². The van der Waals surface area contributed by atoms with E-state index >= 15 is 0 Å². The molecule has 1 aliphatic rings. The van der Waals surface area contributed by atoms with Gasteiger partial charge in [-0.25, -0.2) is 0 Å². The predicted molar refractivity (Wildman–Crippen MR) is 76.3 cm³/mol. The molecule has 0 atom stereocenters. The monoisotopic (exact) mass is 262 g/mol.